The summed E-state index contributed by atoms with van der Waals surface area (Å²) in [6.45, 7) is 2.24. The zero-order chi connectivity index (χ0) is 23.4. The number of benzene rings is 2. The van der Waals surface area contributed by atoms with Gasteiger partial charge >= 0.3 is 12.0 Å². The molecule has 176 valence electrons. The van der Waals surface area contributed by atoms with Crippen LogP contribution in [0.1, 0.15) is 28.8 Å². The van der Waals surface area contributed by atoms with Gasteiger partial charge in [0.25, 0.3) is 0 Å². The third-order valence-corrected chi connectivity index (χ3v) is 6.47. The van der Waals surface area contributed by atoms with Gasteiger partial charge in [-0.2, -0.15) is 0 Å². The minimum absolute atomic E-state index is 0.0386. The maximum absolute atomic E-state index is 13.1. The Hall–Kier alpha value is -3.10. The molecule has 2 aliphatic rings. The van der Waals surface area contributed by atoms with E-state index in [1.54, 1.807) is 31.2 Å². The number of ether oxygens (including phenoxy) is 4. The van der Waals surface area contributed by atoms with Crippen LogP contribution < -0.4 is 9.64 Å². The van der Waals surface area contributed by atoms with Crippen molar-refractivity contribution in [1.82, 2.24) is 4.90 Å². The van der Waals surface area contributed by atoms with Gasteiger partial charge in [0.05, 0.1) is 33.0 Å². The lowest BCUT2D eigenvalue weighted by Gasteiger charge is -2.42. The average Bonchev–Trinajstić information content (AvgIpc) is 3.39. The topological polar surface area (TPSA) is 77.5 Å². The van der Waals surface area contributed by atoms with Crippen molar-refractivity contribution in [3.63, 3.8) is 0 Å². The molecular weight excluding hydrogens is 424 g/mol. The second-order valence-electron chi connectivity index (χ2n) is 8.23. The fraction of sp³-hybridized carbons (Fsp3) is 0.440. The van der Waals surface area contributed by atoms with Crippen molar-refractivity contribution in [2.45, 2.75) is 18.6 Å². The average molecular weight is 455 g/mol. The second kappa shape index (κ2) is 9.80. The lowest BCUT2D eigenvalue weighted by atomic mass is 9.83. The molecular formula is C25H30N2O6. The van der Waals surface area contributed by atoms with Crippen molar-refractivity contribution in [1.29, 1.82) is 0 Å². The first-order valence-electron chi connectivity index (χ1n) is 11.1. The molecule has 0 saturated carbocycles. The molecule has 0 aromatic heterocycles. The fourth-order valence-corrected chi connectivity index (χ4v) is 4.60. The van der Waals surface area contributed by atoms with Crippen LogP contribution in [-0.2, 0) is 20.0 Å². The molecule has 2 aliphatic heterocycles. The number of rotatable bonds is 5. The third-order valence-electron chi connectivity index (χ3n) is 6.47. The first kappa shape index (κ1) is 23.1. The summed E-state index contributed by atoms with van der Waals surface area (Å²) in [5, 5.41) is 0. The molecule has 2 amide bonds. The molecule has 8 heteroatoms. The zero-order valence-corrected chi connectivity index (χ0v) is 19.3. The molecule has 8 nitrogen and oxygen atoms in total. The number of hydrogen-bond donors (Lipinski definition) is 0. The van der Waals surface area contributed by atoms with Crippen molar-refractivity contribution < 1.29 is 28.5 Å². The number of methoxy groups -OCH3 is 2. The molecule has 4 rings (SSSR count). The van der Waals surface area contributed by atoms with Gasteiger partial charge in [0.1, 0.15) is 5.75 Å². The van der Waals surface area contributed by atoms with E-state index in [1.807, 2.05) is 41.3 Å². The van der Waals surface area contributed by atoms with Crippen LogP contribution in [0.2, 0.25) is 0 Å². The maximum Gasteiger partial charge on any atom is 0.337 e. The Bertz CT molecular complexity index is 961. The summed E-state index contributed by atoms with van der Waals surface area (Å²) in [4.78, 5) is 28.4. The summed E-state index contributed by atoms with van der Waals surface area (Å²) in [7, 11) is 4.76. The predicted octanol–water partition coefficient (Wildman–Crippen LogP) is 3.65. The van der Waals surface area contributed by atoms with E-state index in [2.05, 4.69) is 0 Å². The van der Waals surface area contributed by atoms with E-state index in [0.717, 1.165) is 29.8 Å². The molecule has 2 heterocycles. The summed E-state index contributed by atoms with van der Waals surface area (Å²) in [5.74, 6) is -0.385. The molecule has 0 N–H and O–H groups in total. The van der Waals surface area contributed by atoms with Gasteiger partial charge in [-0.05, 0) is 49.2 Å². The molecule has 0 spiro atoms. The van der Waals surface area contributed by atoms with Gasteiger partial charge < -0.3 is 23.8 Å². The Labute approximate surface area is 194 Å². The van der Waals surface area contributed by atoms with E-state index in [1.165, 1.54) is 7.11 Å². The predicted molar refractivity (Wildman–Crippen MR) is 122 cm³/mol. The number of urea groups is 1. The van der Waals surface area contributed by atoms with E-state index >= 15 is 0 Å². The minimum Gasteiger partial charge on any atom is -0.497 e. The van der Waals surface area contributed by atoms with Crippen molar-refractivity contribution in [2.24, 2.45) is 5.92 Å². The van der Waals surface area contributed by atoms with E-state index in [9.17, 15) is 9.59 Å². The molecule has 0 radical (unpaired) electrons. The van der Waals surface area contributed by atoms with Crippen LogP contribution in [0.3, 0.4) is 0 Å². The lowest BCUT2D eigenvalue weighted by molar-refractivity contribution is -0.213. The zero-order valence-electron chi connectivity index (χ0n) is 19.3. The first-order chi connectivity index (χ1) is 16.0. The van der Waals surface area contributed by atoms with Gasteiger partial charge in [-0.1, -0.05) is 12.1 Å². The number of carbonyl (C=O) groups is 2. The Morgan fingerprint density at radius 2 is 1.58 bits per heavy atom. The van der Waals surface area contributed by atoms with Gasteiger partial charge in [0.2, 0.25) is 0 Å². The van der Waals surface area contributed by atoms with Gasteiger partial charge in [-0.3, -0.25) is 4.90 Å². The van der Waals surface area contributed by atoms with E-state index in [-0.39, 0.29) is 17.9 Å². The molecule has 0 unspecified atom stereocenters. The van der Waals surface area contributed by atoms with Crippen LogP contribution in [0.25, 0.3) is 0 Å². The van der Waals surface area contributed by atoms with E-state index in [0.29, 0.717) is 31.9 Å². The molecule has 0 atom stereocenters. The Morgan fingerprint density at radius 1 is 0.970 bits per heavy atom. The van der Waals surface area contributed by atoms with Crippen molar-refractivity contribution >= 4 is 17.7 Å². The molecule has 33 heavy (non-hydrogen) atoms. The highest BCUT2D eigenvalue weighted by Crippen LogP contribution is 2.43. The smallest absolute Gasteiger partial charge is 0.337 e. The van der Waals surface area contributed by atoms with Crippen LogP contribution >= 0.6 is 0 Å². The number of nitrogens with zero attached hydrogens (tertiary/aromatic N) is 2. The van der Waals surface area contributed by atoms with Crippen LogP contribution in [-0.4, -0.2) is 64.5 Å². The van der Waals surface area contributed by atoms with Crippen LogP contribution in [0.4, 0.5) is 10.5 Å². The highest BCUT2D eigenvalue weighted by atomic mass is 16.7. The summed E-state index contributed by atoms with van der Waals surface area (Å²) >= 11 is 0. The summed E-state index contributed by atoms with van der Waals surface area (Å²) in [5.41, 5.74) is 2.18. The van der Waals surface area contributed by atoms with Gasteiger partial charge in [-0.15, -0.1) is 0 Å². The number of anilines is 1. The Balaban J connectivity index is 1.43. The molecule has 2 aromatic carbocycles. The summed E-state index contributed by atoms with van der Waals surface area (Å²) in [6.07, 6.45) is 1.50. The largest absolute Gasteiger partial charge is 0.497 e. The standard InChI is InChI=1S/C25H30N2O6/c1-26(21-8-10-22(30-2)11-9-21)24(29)27-14-12-20(13-15-27)25(32-16-17-33-25)19-6-4-18(5-7-19)23(28)31-3/h4-11,20H,12-17H2,1-3H3. The normalized spacial score (nSPS) is 18.1. The molecule has 0 aliphatic carbocycles. The number of esters is 1. The number of carbonyl (C=O) groups excluding carboxylic acids is 2. The van der Waals surface area contributed by atoms with Gasteiger partial charge in [0.15, 0.2) is 5.79 Å². The maximum atomic E-state index is 13.1. The molecule has 2 saturated heterocycles. The highest BCUT2D eigenvalue weighted by molar-refractivity contribution is 5.91. The third kappa shape index (κ3) is 4.54. The van der Waals surface area contributed by atoms with Gasteiger partial charge in [0, 0.05) is 37.3 Å². The minimum atomic E-state index is -0.855. The highest BCUT2D eigenvalue weighted by Gasteiger charge is 2.47. The summed E-state index contributed by atoms with van der Waals surface area (Å²) < 4.78 is 22.3. The molecule has 2 fully saturated rings. The van der Waals surface area contributed by atoms with Crippen LogP contribution in [0, 0.1) is 5.92 Å². The van der Waals surface area contributed by atoms with Crippen LogP contribution in [0.15, 0.2) is 48.5 Å². The monoisotopic (exact) mass is 454 g/mol. The lowest BCUT2D eigenvalue weighted by Crippen LogP contribution is -2.49. The SMILES string of the molecule is COC(=O)c1ccc(C2(C3CCN(C(=O)N(C)c4ccc(OC)cc4)CC3)OCCO2)cc1. The molecule has 0 bridgehead atoms. The van der Waals surface area contributed by atoms with Crippen molar-refractivity contribution in [3.05, 3.63) is 59.7 Å². The van der Waals surface area contributed by atoms with Crippen molar-refractivity contribution in [2.75, 3.05) is 52.5 Å². The Morgan fingerprint density at radius 3 is 2.12 bits per heavy atom. The second-order valence-corrected chi connectivity index (χ2v) is 8.23. The number of piperidine rings is 1. The van der Waals surface area contributed by atoms with E-state index < -0.39 is 5.79 Å². The number of hydrogen-bond acceptors (Lipinski definition) is 6. The summed E-state index contributed by atoms with van der Waals surface area (Å²) in [6, 6.07) is 14.6. The Kier molecular flexibility index (Phi) is 6.85. The van der Waals surface area contributed by atoms with Crippen molar-refractivity contribution in [3.8, 4) is 5.75 Å². The number of amides is 2. The molecule has 2 aromatic rings. The fourth-order valence-electron chi connectivity index (χ4n) is 4.60. The van der Waals surface area contributed by atoms with Crippen LogP contribution in [0.5, 0.6) is 5.75 Å². The van der Waals surface area contributed by atoms with E-state index in [4.69, 9.17) is 18.9 Å². The first-order valence-corrected chi connectivity index (χ1v) is 11.1. The number of likely N-dealkylation sites (tertiary alicyclic amines) is 1. The quantitative estimate of drug-likeness (QED) is 0.642. The van der Waals surface area contributed by atoms with Gasteiger partial charge in [-0.25, -0.2) is 9.59 Å².